The van der Waals surface area contributed by atoms with Crippen LogP contribution < -0.4 is 0 Å². The van der Waals surface area contributed by atoms with E-state index in [1.807, 2.05) is 0 Å². The van der Waals surface area contributed by atoms with E-state index >= 15 is 0 Å². The zero-order chi connectivity index (χ0) is 17.3. The highest BCUT2D eigenvalue weighted by Crippen LogP contribution is 2.38. The number of hydrogen-bond donors (Lipinski definition) is 1. The lowest BCUT2D eigenvalue weighted by Crippen LogP contribution is -2.54. The Hall–Kier alpha value is -1.89. The number of carbonyl (C=O) groups excluding carboxylic acids is 1. The van der Waals surface area contributed by atoms with E-state index in [0.717, 1.165) is 0 Å². The van der Waals surface area contributed by atoms with Crippen molar-refractivity contribution in [2.24, 2.45) is 0 Å². The number of hydrogen-bond acceptors (Lipinski definition) is 2. The molecule has 1 aliphatic rings. The predicted molar refractivity (Wildman–Crippen MR) is 76.9 cm³/mol. The molecule has 1 saturated heterocycles. The zero-order valence-corrected chi connectivity index (χ0v) is 12.5. The Morgan fingerprint density at radius 2 is 1.91 bits per heavy atom. The predicted octanol–water partition coefficient (Wildman–Crippen LogP) is 3.14. The first kappa shape index (κ1) is 17.5. The van der Waals surface area contributed by atoms with Crippen LogP contribution in [0.4, 0.5) is 17.6 Å². The minimum atomic E-state index is -4.70. The average Bonchev–Trinajstić information content (AvgIpc) is 2.46. The first-order chi connectivity index (χ1) is 10.6. The number of nitrogens with zero attached hydrogens (tertiary/aromatic N) is 1. The van der Waals surface area contributed by atoms with Gasteiger partial charge in [-0.05, 0) is 30.2 Å². The van der Waals surface area contributed by atoms with E-state index in [2.05, 4.69) is 0 Å². The van der Waals surface area contributed by atoms with Gasteiger partial charge in [0, 0.05) is 32.0 Å². The summed E-state index contributed by atoms with van der Waals surface area (Å²) >= 11 is 0. The third-order valence-corrected chi connectivity index (χ3v) is 4.05. The van der Waals surface area contributed by atoms with Gasteiger partial charge in [0.25, 0.3) is 0 Å². The van der Waals surface area contributed by atoms with E-state index in [0.29, 0.717) is 11.1 Å². The number of aliphatic hydroxyl groups is 1. The highest BCUT2D eigenvalue weighted by Gasteiger charge is 2.54. The first-order valence-electron chi connectivity index (χ1n) is 7.15. The summed E-state index contributed by atoms with van der Waals surface area (Å²) in [7, 11) is 0. The molecule has 126 valence electrons. The quantitative estimate of drug-likeness (QED) is 0.668. The fourth-order valence-corrected chi connectivity index (χ4v) is 2.47. The summed E-state index contributed by atoms with van der Waals surface area (Å²) < 4.78 is 51.3. The SMILES string of the molecule is C/C(=C/C(=O)N1CCC(O)(C(F)(F)F)CC1)c1cccc(F)c1. The summed E-state index contributed by atoms with van der Waals surface area (Å²) in [5, 5.41) is 9.58. The number of rotatable bonds is 2. The molecule has 1 aromatic rings. The Balaban J connectivity index is 2.04. The van der Waals surface area contributed by atoms with E-state index in [4.69, 9.17) is 0 Å². The van der Waals surface area contributed by atoms with E-state index < -0.39 is 36.3 Å². The molecule has 0 bridgehead atoms. The van der Waals surface area contributed by atoms with E-state index in [1.54, 1.807) is 13.0 Å². The molecule has 1 aliphatic heterocycles. The van der Waals surface area contributed by atoms with Gasteiger partial charge < -0.3 is 10.0 Å². The van der Waals surface area contributed by atoms with Crippen LogP contribution in [-0.4, -0.2) is 40.8 Å². The Labute approximate surface area is 131 Å². The second-order valence-corrected chi connectivity index (χ2v) is 5.69. The van der Waals surface area contributed by atoms with Crippen molar-refractivity contribution in [3.63, 3.8) is 0 Å². The summed E-state index contributed by atoms with van der Waals surface area (Å²) in [6.07, 6.45) is -4.52. The normalized spacial score (nSPS) is 18.9. The fourth-order valence-electron chi connectivity index (χ4n) is 2.47. The lowest BCUT2D eigenvalue weighted by molar-refractivity contribution is -0.271. The maximum Gasteiger partial charge on any atom is 0.417 e. The van der Waals surface area contributed by atoms with Gasteiger partial charge in [-0.2, -0.15) is 13.2 Å². The number of allylic oxidation sites excluding steroid dienone is 1. The number of amides is 1. The molecule has 0 radical (unpaired) electrons. The van der Waals surface area contributed by atoms with Gasteiger partial charge >= 0.3 is 6.18 Å². The first-order valence-corrected chi connectivity index (χ1v) is 7.15. The molecule has 2 rings (SSSR count). The topological polar surface area (TPSA) is 40.5 Å². The van der Waals surface area contributed by atoms with Crippen molar-refractivity contribution in [1.29, 1.82) is 0 Å². The summed E-state index contributed by atoms with van der Waals surface area (Å²) in [6.45, 7) is 1.27. The highest BCUT2D eigenvalue weighted by atomic mass is 19.4. The van der Waals surface area contributed by atoms with Crippen molar-refractivity contribution in [1.82, 2.24) is 4.90 Å². The molecule has 1 N–H and O–H groups in total. The van der Waals surface area contributed by atoms with Gasteiger partial charge in [-0.25, -0.2) is 4.39 Å². The second kappa shape index (κ2) is 6.31. The second-order valence-electron chi connectivity index (χ2n) is 5.69. The molecule has 0 atom stereocenters. The number of piperidine rings is 1. The van der Waals surface area contributed by atoms with Gasteiger partial charge in [-0.3, -0.25) is 4.79 Å². The molecule has 0 unspecified atom stereocenters. The molecule has 1 aromatic carbocycles. The summed E-state index contributed by atoms with van der Waals surface area (Å²) in [4.78, 5) is 13.4. The standard InChI is InChI=1S/C16H17F4NO2/c1-11(12-3-2-4-13(17)10-12)9-14(22)21-7-5-15(23,6-8-21)16(18,19)20/h2-4,9-10,23H,5-8H2,1H3/b11-9-. The van der Waals surface area contributed by atoms with Gasteiger partial charge in [0.15, 0.2) is 5.60 Å². The molecule has 1 heterocycles. The van der Waals surface area contributed by atoms with Crippen LogP contribution in [0.1, 0.15) is 25.3 Å². The zero-order valence-electron chi connectivity index (χ0n) is 12.5. The van der Waals surface area contributed by atoms with E-state index in [-0.39, 0.29) is 13.1 Å². The molecule has 1 fully saturated rings. The Morgan fingerprint density at radius 3 is 2.43 bits per heavy atom. The van der Waals surface area contributed by atoms with Gasteiger partial charge in [-0.15, -0.1) is 0 Å². The maximum atomic E-state index is 13.2. The van der Waals surface area contributed by atoms with Gasteiger partial charge in [0.2, 0.25) is 5.91 Å². The largest absolute Gasteiger partial charge is 0.417 e. The number of halogens is 4. The van der Waals surface area contributed by atoms with Crippen LogP contribution in [0.5, 0.6) is 0 Å². The molecular formula is C16H17F4NO2. The van der Waals surface area contributed by atoms with Crippen LogP contribution in [-0.2, 0) is 4.79 Å². The minimum absolute atomic E-state index is 0.179. The van der Waals surface area contributed by atoms with Gasteiger partial charge in [0.1, 0.15) is 5.82 Å². The van der Waals surface area contributed by atoms with Crippen molar-refractivity contribution in [2.45, 2.75) is 31.5 Å². The minimum Gasteiger partial charge on any atom is -0.380 e. The lowest BCUT2D eigenvalue weighted by Gasteiger charge is -2.38. The van der Waals surface area contributed by atoms with Crippen LogP contribution in [0.25, 0.3) is 5.57 Å². The smallest absolute Gasteiger partial charge is 0.380 e. The number of carbonyl (C=O) groups is 1. The molecule has 0 aromatic heterocycles. The lowest BCUT2D eigenvalue weighted by atomic mass is 9.90. The van der Waals surface area contributed by atoms with Crippen LogP contribution in [0.3, 0.4) is 0 Å². The van der Waals surface area contributed by atoms with Crippen LogP contribution in [0.15, 0.2) is 30.3 Å². The van der Waals surface area contributed by atoms with Crippen LogP contribution in [0.2, 0.25) is 0 Å². The average molecular weight is 331 g/mol. The number of alkyl halides is 3. The highest BCUT2D eigenvalue weighted by molar-refractivity contribution is 5.94. The third-order valence-electron chi connectivity index (χ3n) is 4.05. The van der Waals surface area contributed by atoms with Crippen molar-refractivity contribution >= 4 is 11.5 Å². The van der Waals surface area contributed by atoms with Crippen molar-refractivity contribution in [3.05, 3.63) is 41.7 Å². The van der Waals surface area contributed by atoms with Crippen molar-refractivity contribution < 1.29 is 27.5 Å². The Morgan fingerprint density at radius 1 is 1.30 bits per heavy atom. The molecule has 0 saturated carbocycles. The monoisotopic (exact) mass is 331 g/mol. The molecule has 0 spiro atoms. The molecule has 3 nitrogen and oxygen atoms in total. The summed E-state index contributed by atoms with van der Waals surface area (Å²) in [5.41, 5.74) is -1.68. The van der Waals surface area contributed by atoms with Crippen molar-refractivity contribution in [2.75, 3.05) is 13.1 Å². The third kappa shape index (κ3) is 3.90. The Bertz CT molecular complexity index is 617. The molecule has 1 amide bonds. The van der Waals surface area contributed by atoms with Crippen LogP contribution in [0, 0.1) is 5.82 Å². The Kier molecular flexibility index (Phi) is 4.79. The summed E-state index contributed by atoms with van der Waals surface area (Å²) in [6, 6.07) is 5.70. The molecule has 23 heavy (non-hydrogen) atoms. The van der Waals surface area contributed by atoms with Gasteiger partial charge in [0.05, 0.1) is 0 Å². The fraction of sp³-hybridized carbons (Fsp3) is 0.438. The number of likely N-dealkylation sites (tertiary alicyclic amines) is 1. The van der Waals surface area contributed by atoms with E-state index in [9.17, 15) is 27.5 Å². The number of benzene rings is 1. The van der Waals surface area contributed by atoms with E-state index in [1.165, 1.54) is 29.2 Å². The molecule has 0 aliphatic carbocycles. The maximum absolute atomic E-state index is 13.2. The van der Waals surface area contributed by atoms with Crippen LogP contribution >= 0.6 is 0 Å². The molecular weight excluding hydrogens is 314 g/mol. The summed E-state index contributed by atoms with van der Waals surface area (Å²) in [5.74, 6) is -0.883. The van der Waals surface area contributed by atoms with Gasteiger partial charge in [-0.1, -0.05) is 12.1 Å². The van der Waals surface area contributed by atoms with Crippen molar-refractivity contribution in [3.8, 4) is 0 Å². The molecule has 7 heteroatoms.